The lowest BCUT2D eigenvalue weighted by atomic mass is 9.99. The highest BCUT2D eigenvalue weighted by Crippen LogP contribution is 2.35. The summed E-state index contributed by atoms with van der Waals surface area (Å²) in [6.45, 7) is 6.71. The molecule has 0 atom stereocenters. The Bertz CT molecular complexity index is 990. The molecule has 0 unspecified atom stereocenters. The fourth-order valence-electron chi connectivity index (χ4n) is 3.62. The molecule has 2 heterocycles. The number of likely N-dealkylation sites (tertiary alicyclic amines) is 1. The van der Waals surface area contributed by atoms with E-state index >= 15 is 0 Å². The van der Waals surface area contributed by atoms with Crippen molar-refractivity contribution in [2.75, 3.05) is 13.1 Å². The second-order valence-electron chi connectivity index (χ2n) is 7.91. The zero-order valence-electron chi connectivity index (χ0n) is 16.8. The van der Waals surface area contributed by atoms with Crippen LogP contribution in [-0.2, 0) is 6.42 Å². The molecule has 5 heteroatoms. The summed E-state index contributed by atoms with van der Waals surface area (Å²) in [5, 5.41) is 1.77. The highest BCUT2D eigenvalue weighted by Gasteiger charge is 2.31. The van der Waals surface area contributed by atoms with Gasteiger partial charge in [0.15, 0.2) is 5.78 Å². The number of rotatable bonds is 7. The molecule has 0 N–H and O–H groups in total. The highest BCUT2D eigenvalue weighted by atomic mass is 35.5. The standard InChI is InChI=1S/C24H25ClN2OS/c1-16(2)27-14-19(15-27)24-26-13-23(29-24)18-10-7-17(8-11-18)9-12-22(28)20-5-3-4-6-21(20)25/h3-8,10-11,13,16,19H,9,12,14-15H2,1-2H3. The van der Waals surface area contributed by atoms with E-state index in [1.165, 1.54) is 15.4 Å². The minimum absolute atomic E-state index is 0.0858. The molecule has 1 saturated heterocycles. The molecule has 0 bridgehead atoms. The number of hydrogen-bond donors (Lipinski definition) is 0. The van der Waals surface area contributed by atoms with Crippen LogP contribution >= 0.6 is 22.9 Å². The van der Waals surface area contributed by atoms with Crippen molar-refractivity contribution in [1.29, 1.82) is 0 Å². The van der Waals surface area contributed by atoms with Crippen molar-refractivity contribution in [3.05, 3.63) is 75.9 Å². The van der Waals surface area contributed by atoms with Crippen LogP contribution in [0.25, 0.3) is 10.4 Å². The molecule has 0 aliphatic carbocycles. The van der Waals surface area contributed by atoms with Crippen LogP contribution in [0.1, 0.15) is 47.1 Å². The van der Waals surface area contributed by atoms with E-state index in [1.54, 1.807) is 23.5 Å². The Morgan fingerprint density at radius 2 is 1.90 bits per heavy atom. The van der Waals surface area contributed by atoms with Gasteiger partial charge in [-0.05, 0) is 43.5 Å². The number of aromatic nitrogens is 1. The van der Waals surface area contributed by atoms with Gasteiger partial charge in [0.25, 0.3) is 0 Å². The maximum absolute atomic E-state index is 12.4. The molecule has 3 nitrogen and oxygen atoms in total. The van der Waals surface area contributed by atoms with Crippen LogP contribution in [0.3, 0.4) is 0 Å². The van der Waals surface area contributed by atoms with Gasteiger partial charge in [-0.3, -0.25) is 9.69 Å². The molecule has 4 rings (SSSR count). The Kier molecular flexibility index (Phi) is 6.14. The van der Waals surface area contributed by atoms with Crippen LogP contribution < -0.4 is 0 Å². The third-order valence-electron chi connectivity index (χ3n) is 5.57. The summed E-state index contributed by atoms with van der Waals surface area (Å²) >= 11 is 7.92. The fraction of sp³-hybridized carbons (Fsp3) is 0.333. The molecule has 1 aliphatic heterocycles. The Morgan fingerprint density at radius 3 is 2.59 bits per heavy atom. The first kappa shape index (κ1) is 20.3. The number of benzene rings is 2. The Hall–Kier alpha value is -2.01. The molecule has 1 fully saturated rings. The quantitative estimate of drug-likeness (QED) is 0.430. The Labute approximate surface area is 181 Å². The molecule has 2 aromatic carbocycles. The molecule has 0 saturated carbocycles. The lowest BCUT2D eigenvalue weighted by Gasteiger charge is -2.41. The van der Waals surface area contributed by atoms with Gasteiger partial charge in [0, 0.05) is 43.2 Å². The van der Waals surface area contributed by atoms with Gasteiger partial charge in [-0.25, -0.2) is 4.98 Å². The number of nitrogens with zero attached hydrogens (tertiary/aromatic N) is 2. The van der Waals surface area contributed by atoms with Crippen LogP contribution in [0, 0.1) is 0 Å². The molecule has 1 aromatic heterocycles. The Morgan fingerprint density at radius 1 is 1.17 bits per heavy atom. The van der Waals surface area contributed by atoms with E-state index in [2.05, 4.69) is 48.0 Å². The Balaban J connectivity index is 1.35. The summed E-state index contributed by atoms with van der Waals surface area (Å²) in [5.41, 5.74) is 2.95. The van der Waals surface area contributed by atoms with Gasteiger partial charge in [0.2, 0.25) is 0 Å². The average molecular weight is 425 g/mol. The number of ketones is 1. The summed E-state index contributed by atoms with van der Waals surface area (Å²) < 4.78 is 0. The second-order valence-corrected chi connectivity index (χ2v) is 9.38. The summed E-state index contributed by atoms with van der Waals surface area (Å²) in [4.78, 5) is 20.8. The summed E-state index contributed by atoms with van der Waals surface area (Å²) in [7, 11) is 0. The summed E-state index contributed by atoms with van der Waals surface area (Å²) in [5.74, 6) is 0.661. The SMILES string of the molecule is CC(C)N1CC(c2ncc(-c3ccc(CCC(=O)c4ccccc4Cl)cc3)s2)C1. The van der Waals surface area contributed by atoms with Crippen LogP contribution in [0.5, 0.6) is 0 Å². The zero-order chi connectivity index (χ0) is 20.4. The first-order valence-corrected chi connectivity index (χ1v) is 11.3. The molecular formula is C24H25ClN2OS. The van der Waals surface area contributed by atoms with Crippen LogP contribution in [-0.4, -0.2) is 34.8 Å². The number of hydrogen-bond acceptors (Lipinski definition) is 4. The highest BCUT2D eigenvalue weighted by molar-refractivity contribution is 7.15. The first-order valence-electron chi connectivity index (χ1n) is 10.1. The van der Waals surface area contributed by atoms with Crippen molar-refractivity contribution in [3.8, 4) is 10.4 Å². The number of Topliss-reactive ketones (excluding diaryl/α,β-unsaturated/α-hetero) is 1. The number of aryl methyl sites for hydroxylation is 1. The van der Waals surface area contributed by atoms with E-state index in [4.69, 9.17) is 11.6 Å². The van der Waals surface area contributed by atoms with Gasteiger partial charge in [-0.2, -0.15) is 0 Å². The number of carbonyl (C=O) groups is 1. The van der Waals surface area contributed by atoms with Crippen LogP contribution in [0.2, 0.25) is 5.02 Å². The zero-order valence-corrected chi connectivity index (χ0v) is 18.3. The van der Waals surface area contributed by atoms with Crippen molar-refractivity contribution >= 4 is 28.7 Å². The van der Waals surface area contributed by atoms with Gasteiger partial charge in [-0.15, -0.1) is 11.3 Å². The molecule has 0 amide bonds. The largest absolute Gasteiger partial charge is 0.299 e. The maximum atomic E-state index is 12.4. The van der Waals surface area contributed by atoms with Gasteiger partial charge in [0.1, 0.15) is 0 Å². The minimum Gasteiger partial charge on any atom is -0.299 e. The minimum atomic E-state index is 0.0858. The smallest absolute Gasteiger partial charge is 0.164 e. The van der Waals surface area contributed by atoms with Gasteiger partial charge in [0.05, 0.1) is 14.9 Å². The predicted octanol–water partition coefficient (Wildman–Crippen LogP) is 6.09. The third kappa shape index (κ3) is 4.61. The topological polar surface area (TPSA) is 33.2 Å². The molecule has 29 heavy (non-hydrogen) atoms. The predicted molar refractivity (Wildman–Crippen MR) is 121 cm³/mol. The van der Waals surface area contributed by atoms with E-state index in [0.717, 1.165) is 18.7 Å². The number of thiazole rings is 1. The van der Waals surface area contributed by atoms with E-state index in [-0.39, 0.29) is 5.78 Å². The van der Waals surface area contributed by atoms with E-state index in [0.29, 0.717) is 35.4 Å². The normalized spacial score (nSPS) is 14.9. The van der Waals surface area contributed by atoms with Crippen molar-refractivity contribution in [1.82, 2.24) is 9.88 Å². The van der Waals surface area contributed by atoms with Crippen molar-refractivity contribution in [3.63, 3.8) is 0 Å². The maximum Gasteiger partial charge on any atom is 0.164 e. The molecule has 0 spiro atoms. The molecule has 150 valence electrons. The fourth-order valence-corrected chi connectivity index (χ4v) is 4.86. The average Bonchev–Trinajstić information content (AvgIpc) is 3.15. The molecule has 1 aliphatic rings. The lowest BCUT2D eigenvalue weighted by Crippen LogP contribution is -2.48. The summed E-state index contributed by atoms with van der Waals surface area (Å²) in [6.07, 6.45) is 3.17. The first-order chi connectivity index (χ1) is 14.0. The van der Waals surface area contributed by atoms with Crippen LogP contribution in [0.4, 0.5) is 0 Å². The van der Waals surface area contributed by atoms with E-state index in [1.807, 2.05) is 18.3 Å². The molecule has 0 radical (unpaired) electrons. The second kappa shape index (κ2) is 8.78. The van der Waals surface area contributed by atoms with E-state index in [9.17, 15) is 4.79 Å². The summed E-state index contributed by atoms with van der Waals surface area (Å²) in [6, 6.07) is 16.3. The van der Waals surface area contributed by atoms with Gasteiger partial charge >= 0.3 is 0 Å². The van der Waals surface area contributed by atoms with E-state index < -0.39 is 0 Å². The van der Waals surface area contributed by atoms with Gasteiger partial charge in [-0.1, -0.05) is 48.0 Å². The van der Waals surface area contributed by atoms with Crippen molar-refractivity contribution in [2.45, 2.75) is 38.6 Å². The third-order valence-corrected chi connectivity index (χ3v) is 7.10. The molecule has 3 aromatic rings. The van der Waals surface area contributed by atoms with Gasteiger partial charge < -0.3 is 0 Å². The van der Waals surface area contributed by atoms with Crippen LogP contribution in [0.15, 0.2) is 54.7 Å². The van der Waals surface area contributed by atoms with Crippen molar-refractivity contribution < 1.29 is 4.79 Å². The monoisotopic (exact) mass is 424 g/mol. The van der Waals surface area contributed by atoms with Crippen molar-refractivity contribution in [2.24, 2.45) is 0 Å². The number of carbonyl (C=O) groups excluding carboxylic acids is 1. The lowest BCUT2D eigenvalue weighted by molar-refractivity contribution is 0.0983. The number of halogens is 1. The molecular weight excluding hydrogens is 400 g/mol.